The van der Waals surface area contributed by atoms with Gasteiger partial charge in [0.2, 0.25) is 0 Å². The maximum Gasteiger partial charge on any atom is 0.184 e. The molecule has 3 aromatic rings. The average Bonchev–Trinajstić information content (AvgIpc) is 3.06. The van der Waals surface area contributed by atoms with Gasteiger partial charge in [-0.05, 0) is 23.9 Å². The van der Waals surface area contributed by atoms with Crippen molar-refractivity contribution in [2.75, 3.05) is 0 Å². The van der Waals surface area contributed by atoms with Gasteiger partial charge in [0.25, 0.3) is 0 Å². The van der Waals surface area contributed by atoms with Crippen LogP contribution in [0, 0.1) is 6.92 Å². The van der Waals surface area contributed by atoms with Crippen molar-refractivity contribution in [3.63, 3.8) is 0 Å². The highest BCUT2D eigenvalue weighted by atomic mass is 32.1. The third kappa shape index (κ3) is 2.46. The zero-order valence-corrected chi connectivity index (χ0v) is 11.2. The predicted molar refractivity (Wildman–Crippen MR) is 77.5 cm³/mol. The summed E-state index contributed by atoms with van der Waals surface area (Å²) < 4.78 is 1.69. The van der Waals surface area contributed by atoms with Crippen LogP contribution < -0.4 is 0 Å². The Morgan fingerprint density at radius 1 is 1.21 bits per heavy atom. The van der Waals surface area contributed by atoms with Crippen LogP contribution in [0.5, 0.6) is 0 Å². The molecule has 0 atom stereocenters. The molecule has 1 aromatic carbocycles. The molecule has 19 heavy (non-hydrogen) atoms. The van der Waals surface area contributed by atoms with Crippen LogP contribution in [0.15, 0.2) is 53.2 Å². The first kappa shape index (κ1) is 11.8. The minimum Gasteiger partial charge on any atom is -0.200 e. The summed E-state index contributed by atoms with van der Waals surface area (Å²) in [6.45, 7) is 2.07. The Morgan fingerprint density at radius 2 is 2.05 bits per heavy atom. The fourth-order valence-electron chi connectivity index (χ4n) is 1.72. The van der Waals surface area contributed by atoms with E-state index in [1.54, 1.807) is 22.3 Å². The molecule has 0 aliphatic carbocycles. The highest BCUT2D eigenvalue weighted by Gasteiger charge is 2.05. The monoisotopic (exact) mass is 268 g/mol. The molecule has 0 aliphatic rings. The van der Waals surface area contributed by atoms with Crippen molar-refractivity contribution in [2.24, 2.45) is 5.10 Å². The first-order valence-corrected chi connectivity index (χ1v) is 6.76. The van der Waals surface area contributed by atoms with Gasteiger partial charge >= 0.3 is 0 Å². The highest BCUT2D eigenvalue weighted by Crippen LogP contribution is 2.16. The van der Waals surface area contributed by atoms with Gasteiger partial charge in [-0.2, -0.15) is 9.78 Å². The van der Waals surface area contributed by atoms with Crippen molar-refractivity contribution in [3.8, 4) is 11.4 Å². The third-order valence-corrected chi connectivity index (χ3v) is 3.72. The maximum absolute atomic E-state index is 4.42. The molecule has 0 saturated carbocycles. The van der Waals surface area contributed by atoms with E-state index in [1.165, 1.54) is 5.56 Å². The van der Waals surface area contributed by atoms with Crippen molar-refractivity contribution < 1.29 is 0 Å². The topological polar surface area (TPSA) is 43.1 Å². The smallest absolute Gasteiger partial charge is 0.184 e. The molecule has 0 N–H and O–H groups in total. The van der Waals surface area contributed by atoms with E-state index in [0.717, 1.165) is 16.3 Å². The number of hydrogen-bond acceptors (Lipinski definition) is 4. The molecule has 2 heterocycles. The lowest BCUT2D eigenvalue weighted by Gasteiger charge is -1.99. The van der Waals surface area contributed by atoms with Crippen molar-refractivity contribution in [3.05, 3.63) is 58.5 Å². The number of rotatable bonds is 3. The van der Waals surface area contributed by atoms with Gasteiger partial charge in [0, 0.05) is 5.56 Å². The summed E-state index contributed by atoms with van der Waals surface area (Å²) in [5.41, 5.74) is 2.23. The van der Waals surface area contributed by atoms with Crippen molar-refractivity contribution in [1.29, 1.82) is 0 Å². The van der Waals surface area contributed by atoms with Gasteiger partial charge in [-0.15, -0.1) is 21.5 Å². The fraction of sp³-hybridized carbons (Fsp3) is 0.0714. The van der Waals surface area contributed by atoms with E-state index >= 15 is 0 Å². The van der Waals surface area contributed by atoms with Crippen LogP contribution in [0.3, 0.4) is 0 Å². The molecule has 3 rings (SSSR count). The van der Waals surface area contributed by atoms with Gasteiger partial charge in [-0.25, -0.2) is 0 Å². The molecular formula is C14H12N4S. The zero-order valence-electron chi connectivity index (χ0n) is 10.4. The average molecular weight is 268 g/mol. The van der Waals surface area contributed by atoms with E-state index in [0.29, 0.717) is 0 Å². The van der Waals surface area contributed by atoms with Gasteiger partial charge < -0.3 is 0 Å². The molecule has 0 amide bonds. The Kier molecular flexibility index (Phi) is 3.20. The molecule has 5 heteroatoms. The highest BCUT2D eigenvalue weighted by molar-refractivity contribution is 7.11. The summed E-state index contributed by atoms with van der Waals surface area (Å²) >= 11 is 1.67. The first-order chi connectivity index (χ1) is 9.34. The summed E-state index contributed by atoms with van der Waals surface area (Å²) in [4.78, 5) is 1.15. The van der Waals surface area contributed by atoms with Crippen LogP contribution in [0.1, 0.15) is 10.4 Å². The fourth-order valence-corrected chi connectivity index (χ4v) is 2.50. The van der Waals surface area contributed by atoms with Gasteiger partial charge in [0.1, 0.15) is 6.33 Å². The number of aryl methyl sites for hydroxylation is 1. The van der Waals surface area contributed by atoms with Crippen molar-refractivity contribution in [1.82, 2.24) is 14.9 Å². The lowest BCUT2D eigenvalue weighted by molar-refractivity contribution is 0.888. The molecule has 0 fully saturated rings. The second kappa shape index (κ2) is 5.16. The van der Waals surface area contributed by atoms with E-state index in [1.807, 2.05) is 36.5 Å². The molecule has 2 aromatic heterocycles. The summed E-state index contributed by atoms with van der Waals surface area (Å²) in [7, 11) is 0. The molecule has 94 valence electrons. The standard InChI is InChI=1S/C14H12N4S/c1-11-7-8-19-13(11)9-16-18-10-15-17-14(18)12-5-3-2-4-6-12/h2-10H,1H3/b16-9-. The van der Waals surface area contributed by atoms with Gasteiger partial charge in [-0.3, -0.25) is 0 Å². The molecule has 0 bridgehead atoms. The lowest BCUT2D eigenvalue weighted by atomic mass is 10.2. The predicted octanol–water partition coefficient (Wildman–Crippen LogP) is 3.20. The molecule has 0 aliphatic heterocycles. The number of benzene rings is 1. The Labute approximate surface area is 115 Å². The quantitative estimate of drug-likeness (QED) is 0.685. The number of thiophene rings is 1. The first-order valence-electron chi connectivity index (χ1n) is 5.88. The van der Waals surface area contributed by atoms with E-state index in [-0.39, 0.29) is 0 Å². The second-order valence-electron chi connectivity index (χ2n) is 4.08. The molecule has 4 nitrogen and oxygen atoms in total. The van der Waals surface area contributed by atoms with Crippen LogP contribution >= 0.6 is 11.3 Å². The van der Waals surface area contributed by atoms with Gasteiger partial charge in [0.05, 0.1) is 11.1 Å². The van der Waals surface area contributed by atoms with E-state index in [4.69, 9.17) is 0 Å². The number of aromatic nitrogens is 3. The minimum absolute atomic E-state index is 0.742. The maximum atomic E-state index is 4.42. The molecule has 0 saturated heterocycles. The van der Waals surface area contributed by atoms with E-state index < -0.39 is 0 Å². The van der Waals surface area contributed by atoms with Crippen LogP contribution in [0.25, 0.3) is 11.4 Å². The zero-order chi connectivity index (χ0) is 13.1. The largest absolute Gasteiger partial charge is 0.200 e. The number of nitrogens with zero attached hydrogens (tertiary/aromatic N) is 4. The SMILES string of the molecule is Cc1ccsc1/C=N\n1cnnc1-c1ccccc1. The summed E-state index contributed by atoms with van der Waals surface area (Å²) in [5.74, 6) is 0.742. The molecule has 0 unspecified atom stereocenters. The molecule has 0 radical (unpaired) electrons. The Bertz CT molecular complexity index is 697. The van der Waals surface area contributed by atoms with E-state index in [9.17, 15) is 0 Å². The van der Waals surface area contributed by atoms with Gasteiger partial charge in [0.15, 0.2) is 5.82 Å². The minimum atomic E-state index is 0.742. The Balaban J connectivity index is 1.93. The van der Waals surface area contributed by atoms with Crippen LogP contribution in [-0.2, 0) is 0 Å². The summed E-state index contributed by atoms with van der Waals surface area (Å²) in [6.07, 6.45) is 3.46. The molecular weight excluding hydrogens is 256 g/mol. The van der Waals surface area contributed by atoms with Crippen LogP contribution in [0.2, 0.25) is 0 Å². The van der Waals surface area contributed by atoms with Crippen LogP contribution in [-0.4, -0.2) is 21.1 Å². The second-order valence-corrected chi connectivity index (χ2v) is 5.03. The van der Waals surface area contributed by atoms with Gasteiger partial charge in [-0.1, -0.05) is 30.3 Å². The summed E-state index contributed by atoms with van der Waals surface area (Å²) in [6, 6.07) is 12.0. The third-order valence-electron chi connectivity index (χ3n) is 2.76. The Hall–Kier alpha value is -2.27. The lowest BCUT2D eigenvalue weighted by Crippen LogP contribution is -1.93. The van der Waals surface area contributed by atoms with Crippen molar-refractivity contribution in [2.45, 2.75) is 6.92 Å². The van der Waals surface area contributed by atoms with Crippen LogP contribution in [0.4, 0.5) is 0 Å². The molecule has 0 spiro atoms. The Morgan fingerprint density at radius 3 is 2.79 bits per heavy atom. The van der Waals surface area contributed by atoms with E-state index in [2.05, 4.69) is 33.7 Å². The van der Waals surface area contributed by atoms with Crippen molar-refractivity contribution >= 4 is 17.6 Å². The number of hydrogen-bond donors (Lipinski definition) is 0. The summed E-state index contributed by atoms with van der Waals surface area (Å²) in [5, 5.41) is 14.5. The normalized spacial score (nSPS) is 11.2.